The molecule has 1 amide bonds. The van der Waals surface area contributed by atoms with Crippen LogP contribution in [0.4, 0.5) is 0 Å². The van der Waals surface area contributed by atoms with Gasteiger partial charge in [0.05, 0.1) is 6.61 Å². The molecule has 0 aliphatic heterocycles. The molecule has 0 fully saturated rings. The van der Waals surface area contributed by atoms with Gasteiger partial charge < -0.3 is 21.9 Å². The van der Waals surface area contributed by atoms with E-state index in [9.17, 15) is 4.79 Å². The third kappa shape index (κ3) is 33.4. The lowest BCUT2D eigenvalue weighted by Crippen LogP contribution is -2.24. The van der Waals surface area contributed by atoms with Crippen LogP contribution in [0.3, 0.4) is 0 Å². The van der Waals surface area contributed by atoms with Crippen molar-refractivity contribution in [3.63, 3.8) is 0 Å². The minimum absolute atomic E-state index is 0.153. The highest BCUT2D eigenvalue weighted by molar-refractivity contribution is 5.73. The third-order valence-electron chi connectivity index (χ3n) is 4.64. The molecule has 0 aromatic carbocycles. The van der Waals surface area contributed by atoms with Crippen LogP contribution in [0, 0.1) is 0 Å². The molecule has 0 saturated heterocycles. The molecule has 0 aromatic rings. The van der Waals surface area contributed by atoms with Gasteiger partial charge in [0, 0.05) is 26.1 Å². The van der Waals surface area contributed by atoms with Crippen molar-refractivity contribution in [2.45, 2.75) is 110 Å². The lowest BCUT2D eigenvalue weighted by atomic mass is 10.0. The summed E-state index contributed by atoms with van der Waals surface area (Å²) in [6.07, 6.45) is 20.9. The second-order valence-electron chi connectivity index (χ2n) is 7.43. The Balaban J connectivity index is 0. The van der Waals surface area contributed by atoms with Gasteiger partial charge in [-0.2, -0.15) is 0 Å². The molecule has 0 aliphatic carbocycles. The normalized spacial score (nSPS) is 10.5. The molecule has 0 radical (unpaired) electrons. The molecular formula is C22H49N3O2. The van der Waals surface area contributed by atoms with E-state index in [-0.39, 0.29) is 12.5 Å². The number of hydrogen-bond donors (Lipinski definition) is 4. The summed E-state index contributed by atoms with van der Waals surface area (Å²) in [7, 11) is 0. The number of amides is 1. The molecule has 0 saturated carbocycles. The molecule has 5 heteroatoms. The van der Waals surface area contributed by atoms with Gasteiger partial charge in [0.2, 0.25) is 5.91 Å². The summed E-state index contributed by atoms with van der Waals surface area (Å²) in [4.78, 5) is 10.6. The van der Waals surface area contributed by atoms with Crippen LogP contribution >= 0.6 is 0 Å². The summed E-state index contributed by atoms with van der Waals surface area (Å²) >= 11 is 0. The number of primary amides is 1. The van der Waals surface area contributed by atoms with E-state index in [1.807, 2.05) is 0 Å². The zero-order valence-corrected chi connectivity index (χ0v) is 18.2. The Labute approximate surface area is 169 Å². The number of hydrogen-bond acceptors (Lipinski definition) is 4. The van der Waals surface area contributed by atoms with Crippen LogP contribution in [0.15, 0.2) is 0 Å². The molecule has 5 nitrogen and oxygen atoms in total. The first kappa shape index (κ1) is 28.6. The number of rotatable bonds is 20. The van der Waals surface area contributed by atoms with Crippen molar-refractivity contribution in [1.29, 1.82) is 0 Å². The highest BCUT2D eigenvalue weighted by Crippen LogP contribution is 2.13. The number of nitrogens with two attached hydrogens (primary N) is 2. The Morgan fingerprint density at radius 2 is 1.15 bits per heavy atom. The van der Waals surface area contributed by atoms with Gasteiger partial charge >= 0.3 is 0 Å². The van der Waals surface area contributed by atoms with Gasteiger partial charge in [0.1, 0.15) is 0 Å². The highest BCUT2D eigenvalue weighted by atomic mass is 16.3. The molecule has 6 N–H and O–H groups in total. The number of aliphatic hydroxyl groups excluding tert-OH is 1. The van der Waals surface area contributed by atoms with Crippen molar-refractivity contribution >= 4 is 5.91 Å². The lowest BCUT2D eigenvalue weighted by molar-refractivity contribution is -0.118. The minimum Gasteiger partial charge on any atom is -0.395 e. The average molecular weight is 388 g/mol. The second-order valence-corrected chi connectivity index (χ2v) is 7.43. The predicted molar refractivity (Wildman–Crippen MR) is 118 cm³/mol. The zero-order chi connectivity index (χ0) is 20.4. The largest absolute Gasteiger partial charge is 0.395 e. The monoisotopic (exact) mass is 387 g/mol. The Morgan fingerprint density at radius 3 is 1.48 bits per heavy atom. The first-order chi connectivity index (χ1) is 13.2. The fourth-order valence-corrected chi connectivity index (χ4v) is 2.98. The molecular weight excluding hydrogens is 338 g/mol. The van der Waals surface area contributed by atoms with Crippen LogP contribution in [-0.4, -0.2) is 37.3 Å². The maximum atomic E-state index is 10.6. The first-order valence-corrected chi connectivity index (χ1v) is 11.5. The number of unbranched alkanes of at least 4 members (excludes halogenated alkanes) is 14. The summed E-state index contributed by atoms with van der Waals surface area (Å²) in [5.41, 5.74) is 10.2. The summed E-state index contributed by atoms with van der Waals surface area (Å²) in [6.45, 7) is 4.55. The van der Waals surface area contributed by atoms with Crippen molar-refractivity contribution in [3.8, 4) is 0 Å². The van der Waals surface area contributed by atoms with E-state index >= 15 is 0 Å². The molecule has 164 valence electrons. The van der Waals surface area contributed by atoms with Crippen LogP contribution in [0.2, 0.25) is 0 Å². The topological polar surface area (TPSA) is 101 Å². The zero-order valence-electron chi connectivity index (χ0n) is 18.2. The Hall–Kier alpha value is -0.650. The fourth-order valence-electron chi connectivity index (χ4n) is 2.98. The van der Waals surface area contributed by atoms with E-state index in [1.165, 1.54) is 89.9 Å². The van der Waals surface area contributed by atoms with Crippen molar-refractivity contribution in [2.75, 3.05) is 26.2 Å². The summed E-state index contributed by atoms with van der Waals surface area (Å²) in [6, 6.07) is 0. The summed E-state index contributed by atoms with van der Waals surface area (Å²) in [5.74, 6) is -0.153. The van der Waals surface area contributed by atoms with Gasteiger partial charge in [-0.05, 0) is 6.42 Å². The molecule has 0 unspecified atom stereocenters. The van der Waals surface area contributed by atoms with E-state index in [2.05, 4.69) is 12.2 Å². The summed E-state index contributed by atoms with van der Waals surface area (Å²) < 4.78 is 0. The van der Waals surface area contributed by atoms with Gasteiger partial charge in [-0.1, -0.05) is 96.8 Å². The van der Waals surface area contributed by atoms with Gasteiger partial charge in [-0.25, -0.2) is 0 Å². The van der Waals surface area contributed by atoms with E-state index in [0.717, 1.165) is 13.0 Å². The highest BCUT2D eigenvalue weighted by Gasteiger charge is 1.96. The number of aliphatic hydroxyl groups is 1. The molecule has 0 heterocycles. The molecule has 0 bridgehead atoms. The van der Waals surface area contributed by atoms with Crippen LogP contribution in [-0.2, 0) is 4.79 Å². The molecule has 0 rings (SSSR count). The van der Waals surface area contributed by atoms with E-state index in [4.69, 9.17) is 16.6 Å². The Kier molecular flexibility index (Phi) is 29.2. The maximum absolute atomic E-state index is 10.6. The van der Waals surface area contributed by atoms with Crippen LogP contribution in [0.25, 0.3) is 0 Å². The number of carbonyl (C=O) groups excluding carboxylic acids is 1. The van der Waals surface area contributed by atoms with Crippen LogP contribution in [0.5, 0.6) is 0 Å². The molecule has 0 atom stereocenters. The SMILES string of the molecule is CCCCCCCCCCCCCCCCCC(N)=O.NCCNCCO. The van der Waals surface area contributed by atoms with Crippen LogP contribution in [0.1, 0.15) is 110 Å². The Bertz CT molecular complexity index is 272. The fraction of sp³-hybridized carbons (Fsp3) is 0.955. The van der Waals surface area contributed by atoms with Crippen molar-refractivity contribution in [3.05, 3.63) is 0 Å². The first-order valence-electron chi connectivity index (χ1n) is 11.5. The Morgan fingerprint density at radius 1 is 0.741 bits per heavy atom. The van der Waals surface area contributed by atoms with Crippen molar-refractivity contribution < 1.29 is 9.90 Å². The van der Waals surface area contributed by atoms with Gasteiger partial charge in [-0.3, -0.25) is 4.79 Å². The average Bonchev–Trinajstić information content (AvgIpc) is 2.65. The van der Waals surface area contributed by atoms with Gasteiger partial charge in [-0.15, -0.1) is 0 Å². The number of carbonyl (C=O) groups is 1. The molecule has 0 aliphatic rings. The van der Waals surface area contributed by atoms with Crippen molar-refractivity contribution in [1.82, 2.24) is 5.32 Å². The standard InChI is InChI=1S/C18H37NO.C4H12N2O/c1-2-3-4-5-6-7-8-9-10-11-12-13-14-15-16-17-18(19)20;5-1-2-6-3-4-7/h2-17H2,1H3,(H2,19,20);6-7H,1-5H2. The molecule has 27 heavy (non-hydrogen) atoms. The quantitative estimate of drug-likeness (QED) is 0.234. The lowest BCUT2D eigenvalue weighted by Gasteiger charge is -2.03. The van der Waals surface area contributed by atoms with Crippen molar-refractivity contribution in [2.24, 2.45) is 11.5 Å². The van der Waals surface area contributed by atoms with E-state index in [0.29, 0.717) is 19.5 Å². The maximum Gasteiger partial charge on any atom is 0.217 e. The smallest absolute Gasteiger partial charge is 0.217 e. The molecule has 0 spiro atoms. The van der Waals surface area contributed by atoms with Crippen LogP contribution < -0.4 is 16.8 Å². The minimum atomic E-state index is -0.153. The van der Waals surface area contributed by atoms with E-state index < -0.39 is 0 Å². The van der Waals surface area contributed by atoms with E-state index in [1.54, 1.807) is 0 Å². The van der Waals surface area contributed by atoms with Gasteiger partial charge in [0.25, 0.3) is 0 Å². The summed E-state index contributed by atoms with van der Waals surface area (Å²) in [5, 5.41) is 11.1. The molecule has 0 aromatic heterocycles. The number of nitrogens with one attached hydrogen (secondary N) is 1. The second kappa shape index (κ2) is 27.6. The van der Waals surface area contributed by atoms with Gasteiger partial charge in [0.15, 0.2) is 0 Å². The predicted octanol–water partition coefficient (Wildman–Crippen LogP) is 4.26. The third-order valence-corrected chi connectivity index (χ3v) is 4.64.